The average molecular weight is 330 g/mol. The summed E-state index contributed by atoms with van der Waals surface area (Å²) in [6, 6.07) is 5.45. The van der Waals surface area contributed by atoms with Crippen molar-refractivity contribution in [2.75, 3.05) is 0 Å². The third-order valence-electron chi connectivity index (χ3n) is 3.29. The van der Waals surface area contributed by atoms with E-state index in [1.54, 1.807) is 6.07 Å². The van der Waals surface area contributed by atoms with Gasteiger partial charge in [-0.2, -0.15) is 5.10 Å². The Labute approximate surface area is 107 Å². The highest BCUT2D eigenvalue weighted by atomic mass is 127. The second kappa shape index (κ2) is 3.98. The molecule has 1 heterocycles. The molecule has 0 spiro atoms. The van der Waals surface area contributed by atoms with Crippen molar-refractivity contribution in [1.29, 1.82) is 0 Å². The fourth-order valence-electron chi connectivity index (χ4n) is 2.50. The number of aromatic nitrogens is 2. The largest absolute Gasteiger partial charge is 0.261 e. The van der Waals surface area contributed by atoms with Crippen LogP contribution in [0.4, 0.5) is 4.39 Å². The zero-order valence-corrected chi connectivity index (χ0v) is 10.9. The van der Waals surface area contributed by atoms with Gasteiger partial charge < -0.3 is 0 Å². The van der Waals surface area contributed by atoms with Crippen LogP contribution in [0.3, 0.4) is 0 Å². The summed E-state index contributed by atoms with van der Waals surface area (Å²) in [4.78, 5) is 0. The van der Waals surface area contributed by atoms with Gasteiger partial charge in [0.1, 0.15) is 9.52 Å². The number of rotatable bonds is 1. The average Bonchev–Trinajstić information content (AvgIpc) is 2.87. The number of benzene rings is 1. The maximum Gasteiger partial charge on any atom is 0.131 e. The Morgan fingerprint density at radius 2 is 2.06 bits per heavy atom. The van der Waals surface area contributed by atoms with Crippen LogP contribution in [0.5, 0.6) is 0 Å². The van der Waals surface area contributed by atoms with E-state index in [1.807, 2.05) is 6.07 Å². The molecule has 1 saturated carbocycles. The monoisotopic (exact) mass is 330 g/mol. The highest BCUT2D eigenvalue weighted by Crippen LogP contribution is 2.33. The molecule has 0 saturated heterocycles. The SMILES string of the molecule is Fc1ccc2c(c1)c(I)nn2C1CCCC1. The van der Waals surface area contributed by atoms with E-state index in [-0.39, 0.29) is 5.82 Å². The standard InChI is InChI=1S/C12H12FIN2/c13-8-5-6-11-10(7-8)12(14)15-16(11)9-3-1-2-4-9/h5-7,9H,1-4H2. The van der Waals surface area contributed by atoms with Gasteiger partial charge in [-0.15, -0.1) is 0 Å². The molecule has 2 aromatic rings. The summed E-state index contributed by atoms with van der Waals surface area (Å²) in [5.41, 5.74) is 1.07. The number of fused-ring (bicyclic) bond motifs is 1. The van der Waals surface area contributed by atoms with Crippen LogP contribution in [0, 0.1) is 9.52 Å². The Morgan fingerprint density at radius 1 is 1.31 bits per heavy atom. The number of nitrogens with zero attached hydrogens (tertiary/aromatic N) is 2. The van der Waals surface area contributed by atoms with Gasteiger partial charge in [0.2, 0.25) is 0 Å². The topological polar surface area (TPSA) is 17.8 Å². The fourth-order valence-corrected chi connectivity index (χ4v) is 3.17. The Kier molecular flexibility index (Phi) is 2.61. The summed E-state index contributed by atoms with van der Waals surface area (Å²) >= 11 is 2.18. The van der Waals surface area contributed by atoms with Gasteiger partial charge >= 0.3 is 0 Å². The molecule has 1 fully saturated rings. The van der Waals surface area contributed by atoms with Crippen molar-refractivity contribution in [1.82, 2.24) is 9.78 Å². The Hall–Kier alpha value is -0.650. The van der Waals surface area contributed by atoms with Gasteiger partial charge in [0, 0.05) is 5.39 Å². The lowest BCUT2D eigenvalue weighted by atomic mass is 10.2. The van der Waals surface area contributed by atoms with Gasteiger partial charge in [-0.05, 0) is 53.6 Å². The van der Waals surface area contributed by atoms with Crippen LogP contribution in [0.1, 0.15) is 31.7 Å². The van der Waals surface area contributed by atoms with Crippen molar-refractivity contribution >= 4 is 33.5 Å². The first-order valence-electron chi connectivity index (χ1n) is 5.59. The van der Waals surface area contributed by atoms with Gasteiger partial charge in [0.25, 0.3) is 0 Å². The summed E-state index contributed by atoms with van der Waals surface area (Å²) in [5, 5.41) is 5.49. The quantitative estimate of drug-likeness (QED) is 0.725. The first-order valence-corrected chi connectivity index (χ1v) is 6.67. The molecule has 0 aliphatic heterocycles. The molecule has 0 radical (unpaired) electrons. The smallest absolute Gasteiger partial charge is 0.131 e. The van der Waals surface area contributed by atoms with E-state index >= 15 is 0 Å². The van der Waals surface area contributed by atoms with E-state index in [0.29, 0.717) is 6.04 Å². The van der Waals surface area contributed by atoms with Crippen LogP contribution < -0.4 is 0 Å². The van der Waals surface area contributed by atoms with Crippen molar-refractivity contribution in [2.45, 2.75) is 31.7 Å². The van der Waals surface area contributed by atoms with Crippen LogP contribution >= 0.6 is 22.6 Å². The van der Waals surface area contributed by atoms with E-state index in [2.05, 4.69) is 32.4 Å². The van der Waals surface area contributed by atoms with Gasteiger partial charge in [0.15, 0.2) is 0 Å². The lowest BCUT2D eigenvalue weighted by Crippen LogP contribution is -2.06. The molecule has 4 heteroatoms. The maximum absolute atomic E-state index is 13.2. The van der Waals surface area contributed by atoms with Gasteiger partial charge in [0.05, 0.1) is 11.6 Å². The Bertz CT molecular complexity index is 529. The molecule has 2 nitrogen and oxygen atoms in total. The third-order valence-corrected chi connectivity index (χ3v) is 4.09. The summed E-state index contributed by atoms with van der Waals surface area (Å²) < 4.78 is 16.2. The zero-order chi connectivity index (χ0) is 11.1. The maximum atomic E-state index is 13.2. The number of halogens is 2. The van der Waals surface area contributed by atoms with Gasteiger partial charge in [-0.1, -0.05) is 12.8 Å². The van der Waals surface area contributed by atoms with E-state index in [0.717, 1.165) is 14.6 Å². The third kappa shape index (κ3) is 1.63. The number of hydrogen-bond acceptors (Lipinski definition) is 1. The van der Waals surface area contributed by atoms with E-state index < -0.39 is 0 Å². The lowest BCUT2D eigenvalue weighted by molar-refractivity contribution is 0.479. The summed E-state index contributed by atoms with van der Waals surface area (Å²) in [6.45, 7) is 0. The molecule has 0 unspecified atom stereocenters. The minimum Gasteiger partial charge on any atom is -0.261 e. The van der Waals surface area contributed by atoms with Crippen molar-refractivity contribution in [3.05, 3.63) is 27.7 Å². The van der Waals surface area contributed by atoms with E-state index in [4.69, 9.17) is 0 Å². The second-order valence-electron chi connectivity index (χ2n) is 4.34. The predicted molar refractivity (Wildman–Crippen MR) is 69.9 cm³/mol. The molecule has 0 atom stereocenters. The molecule has 1 aliphatic carbocycles. The molecule has 1 aliphatic rings. The Balaban J connectivity index is 2.18. The molecular formula is C12H12FIN2. The first-order chi connectivity index (χ1) is 7.75. The van der Waals surface area contributed by atoms with E-state index in [1.165, 1.54) is 31.7 Å². The van der Waals surface area contributed by atoms with Crippen LogP contribution in [0.15, 0.2) is 18.2 Å². The predicted octanol–water partition coefficient (Wildman–Crippen LogP) is 3.90. The van der Waals surface area contributed by atoms with Crippen LogP contribution in [0.25, 0.3) is 10.9 Å². The minimum atomic E-state index is -0.184. The van der Waals surface area contributed by atoms with Gasteiger partial charge in [-0.25, -0.2) is 4.39 Å². The van der Waals surface area contributed by atoms with Crippen molar-refractivity contribution in [3.63, 3.8) is 0 Å². The van der Waals surface area contributed by atoms with Crippen LogP contribution in [-0.4, -0.2) is 9.78 Å². The summed E-state index contributed by atoms with van der Waals surface area (Å²) in [6.07, 6.45) is 4.96. The van der Waals surface area contributed by atoms with Crippen molar-refractivity contribution in [2.24, 2.45) is 0 Å². The molecule has 1 aromatic heterocycles. The minimum absolute atomic E-state index is 0.184. The van der Waals surface area contributed by atoms with Gasteiger partial charge in [-0.3, -0.25) is 4.68 Å². The summed E-state index contributed by atoms with van der Waals surface area (Å²) in [7, 11) is 0. The summed E-state index contributed by atoms with van der Waals surface area (Å²) in [5.74, 6) is -0.184. The highest BCUT2D eigenvalue weighted by Gasteiger charge is 2.20. The highest BCUT2D eigenvalue weighted by molar-refractivity contribution is 14.1. The second-order valence-corrected chi connectivity index (χ2v) is 5.36. The van der Waals surface area contributed by atoms with Crippen molar-refractivity contribution < 1.29 is 4.39 Å². The number of hydrogen-bond donors (Lipinski definition) is 0. The van der Waals surface area contributed by atoms with Crippen molar-refractivity contribution in [3.8, 4) is 0 Å². The van der Waals surface area contributed by atoms with Crippen LogP contribution in [-0.2, 0) is 0 Å². The fraction of sp³-hybridized carbons (Fsp3) is 0.417. The molecule has 0 N–H and O–H groups in total. The molecule has 0 bridgehead atoms. The zero-order valence-electron chi connectivity index (χ0n) is 8.79. The van der Waals surface area contributed by atoms with E-state index in [9.17, 15) is 4.39 Å². The Morgan fingerprint density at radius 3 is 2.81 bits per heavy atom. The normalized spacial score (nSPS) is 17.4. The molecule has 3 rings (SSSR count). The molecule has 16 heavy (non-hydrogen) atoms. The molecule has 0 amide bonds. The molecule has 1 aromatic carbocycles. The molecule has 84 valence electrons. The van der Waals surface area contributed by atoms with Crippen LogP contribution in [0.2, 0.25) is 0 Å². The first kappa shape index (κ1) is 10.5. The lowest BCUT2D eigenvalue weighted by Gasteiger charge is -2.10. The molecular weight excluding hydrogens is 318 g/mol.